The van der Waals surface area contributed by atoms with Gasteiger partial charge >= 0.3 is 5.97 Å². The molecular weight excluding hydrogens is 234 g/mol. The fraction of sp³-hybridized carbons (Fsp3) is 0.667. The van der Waals surface area contributed by atoms with Crippen LogP contribution in [-0.4, -0.2) is 36.6 Å². The second-order valence-corrected chi connectivity index (χ2v) is 4.27. The van der Waals surface area contributed by atoms with Crippen molar-refractivity contribution in [2.45, 2.75) is 19.4 Å². The maximum Gasteiger partial charge on any atom is 0.323 e. The molecule has 0 saturated carbocycles. The number of hydrogen-bond donors (Lipinski definition) is 0. The molecule has 0 aromatic heterocycles. The first kappa shape index (κ1) is 10.7. The van der Waals surface area contributed by atoms with Crippen molar-refractivity contribution in [3.05, 3.63) is 11.1 Å². The lowest BCUT2D eigenvalue weighted by molar-refractivity contribution is -0.156. The Bertz CT molecular complexity index is 218. The standard InChI is InChI=1S/C9H14BrNO2/c1-7(10)3-4-11-5-6-13-9(12)8(11)2/h8H,1,3-6H2,2H3/t8-/m0/s1. The van der Waals surface area contributed by atoms with E-state index >= 15 is 0 Å². The Balaban J connectivity index is 2.39. The van der Waals surface area contributed by atoms with E-state index in [2.05, 4.69) is 27.4 Å². The summed E-state index contributed by atoms with van der Waals surface area (Å²) in [6.45, 7) is 7.83. The van der Waals surface area contributed by atoms with Crippen LogP contribution < -0.4 is 0 Å². The number of rotatable bonds is 3. The van der Waals surface area contributed by atoms with Crippen LogP contribution in [-0.2, 0) is 9.53 Å². The molecular formula is C9H14BrNO2. The van der Waals surface area contributed by atoms with Gasteiger partial charge in [-0.15, -0.1) is 0 Å². The molecule has 1 aliphatic rings. The van der Waals surface area contributed by atoms with Crippen LogP contribution in [0.15, 0.2) is 11.1 Å². The second-order valence-electron chi connectivity index (χ2n) is 3.15. The first-order valence-corrected chi connectivity index (χ1v) is 5.14. The fourth-order valence-electron chi connectivity index (χ4n) is 1.30. The van der Waals surface area contributed by atoms with Crippen LogP contribution in [0.3, 0.4) is 0 Å². The summed E-state index contributed by atoms with van der Waals surface area (Å²) < 4.78 is 5.88. The number of carbonyl (C=O) groups excluding carboxylic acids is 1. The van der Waals surface area contributed by atoms with Gasteiger partial charge in [-0.25, -0.2) is 0 Å². The SMILES string of the molecule is C=C(Br)CCN1CCOC(=O)[C@@H]1C. The van der Waals surface area contributed by atoms with E-state index < -0.39 is 0 Å². The van der Waals surface area contributed by atoms with E-state index in [0.29, 0.717) is 6.61 Å². The summed E-state index contributed by atoms with van der Waals surface area (Å²) in [5.74, 6) is -0.119. The van der Waals surface area contributed by atoms with Crippen LogP contribution in [0.2, 0.25) is 0 Å². The van der Waals surface area contributed by atoms with Gasteiger partial charge in [-0.05, 0) is 17.8 Å². The van der Waals surface area contributed by atoms with E-state index in [1.807, 2.05) is 6.92 Å². The van der Waals surface area contributed by atoms with Crippen LogP contribution in [0, 0.1) is 0 Å². The number of hydrogen-bond acceptors (Lipinski definition) is 3. The molecule has 1 atom stereocenters. The van der Waals surface area contributed by atoms with Gasteiger partial charge < -0.3 is 4.74 Å². The Morgan fingerprint density at radius 2 is 2.54 bits per heavy atom. The van der Waals surface area contributed by atoms with Crippen molar-refractivity contribution in [3.63, 3.8) is 0 Å². The number of ether oxygens (including phenoxy) is 1. The Kier molecular flexibility index (Phi) is 3.93. The maximum atomic E-state index is 11.2. The van der Waals surface area contributed by atoms with Crippen LogP contribution in [0.1, 0.15) is 13.3 Å². The van der Waals surface area contributed by atoms with Gasteiger partial charge in [-0.2, -0.15) is 0 Å². The van der Waals surface area contributed by atoms with Crippen molar-refractivity contribution in [1.29, 1.82) is 0 Å². The third-order valence-corrected chi connectivity index (χ3v) is 2.58. The molecule has 74 valence electrons. The number of halogens is 1. The van der Waals surface area contributed by atoms with Gasteiger partial charge in [0.1, 0.15) is 12.6 Å². The quantitative estimate of drug-likeness (QED) is 0.709. The second kappa shape index (κ2) is 4.77. The number of nitrogens with zero attached hydrogens (tertiary/aromatic N) is 1. The number of morpholine rings is 1. The van der Waals surface area contributed by atoms with E-state index in [1.54, 1.807) is 0 Å². The largest absolute Gasteiger partial charge is 0.463 e. The fourth-order valence-corrected chi connectivity index (χ4v) is 1.47. The zero-order chi connectivity index (χ0) is 9.84. The summed E-state index contributed by atoms with van der Waals surface area (Å²) in [5, 5.41) is 0. The minimum Gasteiger partial charge on any atom is -0.463 e. The normalized spacial score (nSPS) is 24.2. The predicted octanol–water partition coefficient (Wildman–Crippen LogP) is 1.53. The molecule has 0 bridgehead atoms. The first-order chi connectivity index (χ1) is 6.11. The number of cyclic esters (lactones) is 1. The summed E-state index contributed by atoms with van der Waals surface area (Å²) in [6, 6.07) is -0.111. The molecule has 1 fully saturated rings. The van der Waals surface area contributed by atoms with Gasteiger partial charge in [-0.1, -0.05) is 22.5 Å². The minimum atomic E-state index is -0.119. The molecule has 0 spiro atoms. The number of carbonyl (C=O) groups is 1. The molecule has 0 unspecified atom stereocenters. The molecule has 0 aromatic rings. The Labute approximate surface area is 86.9 Å². The summed E-state index contributed by atoms with van der Waals surface area (Å²) in [6.07, 6.45) is 0.873. The van der Waals surface area contributed by atoms with Crippen LogP contribution in [0.25, 0.3) is 0 Å². The average Bonchev–Trinajstić information content (AvgIpc) is 2.07. The number of esters is 1. The highest BCUT2D eigenvalue weighted by atomic mass is 79.9. The van der Waals surface area contributed by atoms with E-state index in [1.165, 1.54) is 0 Å². The topological polar surface area (TPSA) is 29.5 Å². The molecule has 1 saturated heterocycles. The van der Waals surface area contributed by atoms with E-state index in [0.717, 1.165) is 24.0 Å². The highest BCUT2D eigenvalue weighted by molar-refractivity contribution is 9.11. The molecule has 0 N–H and O–H groups in total. The lowest BCUT2D eigenvalue weighted by Gasteiger charge is -2.31. The van der Waals surface area contributed by atoms with Crippen LogP contribution in [0.5, 0.6) is 0 Å². The van der Waals surface area contributed by atoms with Crippen molar-refractivity contribution < 1.29 is 9.53 Å². The molecule has 4 heteroatoms. The van der Waals surface area contributed by atoms with Gasteiger partial charge in [-0.3, -0.25) is 9.69 Å². The first-order valence-electron chi connectivity index (χ1n) is 4.35. The average molecular weight is 248 g/mol. The third-order valence-electron chi connectivity index (χ3n) is 2.18. The van der Waals surface area contributed by atoms with Gasteiger partial charge in [0.2, 0.25) is 0 Å². The molecule has 0 aliphatic carbocycles. The lowest BCUT2D eigenvalue weighted by Crippen LogP contribution is -2.47. The highest BCUT2D eigenvalue weighted by Gasteiger charge is 2.26. The molecule has 1 heterocycles. The molecule has 3 nitrogen and oxygen atoms in total. The van der Waals surface area contributed by atoms with E-state index in [4.69, 9.17) is 4.74 Å². The molecule has 13 heavy (non-hydrogen) atoms. The Morgan fingerprint density at radius 3 is 3.15 bits per heavy atom. The van der Waals surface area contributed by atoms with Crippen molar-refractivity contribution in [2.24, 2.45) is 0 Å². The molecule has 1 rings (SSSR count). The van der Waals surface area contributed by atoms with Gasteiger partial charge in [0.25, 0.3) is 0 Å². The van der Waals surface area contributed by atoms with Crippen LogP contribution in [0.4, 0.5) is 0 Å². The smallest absolute Gasteiger partial charge is 0.323 e. The van der Waals surface area contributed by atoms with Crippen molar-refractivity contribution >= 4 is 21.9 Å². The van der Waals surface area contributed by atoms with Crippen molar-refractivity contribution in [3.8, 4) is 0 Å². The highest BCUT2D eigenvalue weighted by Crippen LogP contribution is 2.12. The zero-order valence-corrected chi connectivity index (χ0v) is 9.34. The summed E-state index contributed by atoms with van der Waals surface area (Å²) in [5.41, 5.74) is 0. The summed E-state index contributed by atoms with van der Waals surface area (Å²) in [4.78, 5) is 13.3. The Morgan fingerprint density at radius 1 is 1.85 bits per heavy atom. The van der Waals surface area contributed by atoms with Crippen molar-refractivity contribution in [2.75, 3.05) is 19.7 Å². The maximum absolute atomic E-state index is 11.2. The van der Waals surface area contributed by atoms with Crippen LogP contribution >= 0.6 is 15.9 Å². The molecule has 0 amide bonds. The van der Waals surface area contributed by atoms with Gasteiger partial charge in [0.15, 0.2) is 0 Å². The molecule has 0 radical (unpaired) electrons. The monoisotopic (exact) mass is 247 g/mol. The van der Waals surface area contributed by atoms with Gasteiger partial charge in [0, 0.05) is 13.1 Å². The summed E-state index contributed by atoms with van der Waals surface area (Å²) >= 11 is 3.30. The van der Waals surface area contributed by atoms with Gasteiger partial charge in [0.05, 0.1) is 0 Å². The minimum absolute atomic E-state index is 0.111. The van der Waals surface area contributed by atoms with Crippen molar-refractivity contribution in [1.82, 2.24) is 4.90 Å². The molecule has 1 aliphatic heterocycles. The zero-order valence-electron chi connectivity index (χ0n) is 7.75. The summed E-state index contributed by atoms with van der Waals surface area (Å²) in [7, 11) is 0. The van der Waals surface area contributed by atoms with E-state index in [9.17, 15) is 4.79 Å². The molecule has 0 aromatic carbocycles. The van der Waals surface area contributed by atoms with E-state index in [-0.39, 0.29) is 12.0 Å². The lowest BCUT2D eigenvalue weighted by atomic mass is 10.2. The Hall–Kier alpha value is -0.350. The third kappa shape index (κ3) is 3.12. The predicted molar refractivity (Wildman–Crippen MR) is 54.7 cm³/mol.